The van der Waals surface area contributed by atoms with Crippen molar-refractivity contribution < 1.29 is 20.8 Å². The van der Waals surface area contributed by atoms with E-state index in [2.05, 4.69) is 100 Å². The van der Waals surface area contributed by atoms with Crippen molar-refractivity contribution in [3.05, 3.63) is 89.5 Å². The van der Waals surface area contributed by atoms with Gasteiger partial charge < -0.3 is 0 Å². The molecule has 154 valence electrons. The molecule has 0 unspecified atom stereocenters. The minimum absolute atomic E-state index is 0.667. The number of fused-ring (bicyclic) bond motifs is 1. The molecule has 0 atom stereocenters. The molecule has 0 bridgehead atoms. The summed E-state index contributed by atoms with van der Waals surface area (Å²) < 4.78 is 0. The first-order chi connectivity index (χ1) is 14.4. The normalized spacial score (nSPS) is 10.8. The van der Waals surface area contributed by atoms with Crippen molar-refractivity contribution in [3.63, 3.8) is 0 Å². The molecule has 4 rings (SSSR count). The van der Waals surface area contributed by atoms with Gasteiger partial charge >= 0.3 is 37.9 Å². The van der Waals surface area contributed by atoms with E-state index in [1.165, 1.54) is 49.7 Å². The van der Waals surface area contributed by atoms with Crippen molar-refractivity contribution in [2.45, 2.75) is 34.1 Å². The minimum atomic E-state index is -0.826. The number of hydrogen-bond donors (Lipinski definition) is 0. The fourth-order valence-corrected chi connectivity index (χ4v) is 4.22. The van der Waals surface area contributed by atoms with Gasteiger partial charge in [0.1, 0.15) is 0 Å². The van der Waals surface area contributed by atoms with E-state index < -0.39 is 20.8 Å². The van der Waals surface area contributed by atoms with Crippen molar-refractivity contribution in [3.8, 4) is 22.3 Å². The summed E-state index contributed by atoms with van der Waals surface area (Å²) in [6.45, 7) is 8.96. The van der Waals surface area contributed by atoms with Crippen LogP contribution >= 0.6 is 17.0 Å². The van der Waals surface area contributed by atoms with Gasteiger partial charge in [-0.25, -0.2) is 0 Å². The standard InChI is InChI=1S/C27H27.2ClH.Zr/c1-18(2)12-21-16-23-10-11-25(22-8-6-5-7-9-22)27(26(23)17-21)24-14-19(3)13-20(4)15-24;;;/h5-11,13-18H,12H2,1-4H3;2*1H;/q-1;;;+2/p-2. The Bertz CT molecular complexity index is 1090. The van der Waals surface area contributed by atoms with Gasteiger partial charge in [0.15, 0.2) is 0 Å². The number of hydrogen-bond acceptors (Lipinski definition) is 0. The first kappa shape index (κ1) is 23.4. The van der Waals surface area contributed by atoms with Gasteiger partial charge in [-0.3, -0.25) is 0 Å². The molecule has 0 aromatic heterocycles. The average Bonchev–Trinajstić information content (AvgIpc) is 3.09. The van der Waals surface area contributed by atoms with Crippen molar-refractivity contribution in [2.24, 2.45) is 5.92 Å². The third-order valence-corrected chi connectivity index (χ3v) is 5.19. The molecule has 0 amide bonds. The molecule has 0 radical (unpaired) electrons. The van der Waals surface area contributed by atoms with Gasteiger partial charge in [-0.1, -0.05) is 85.1 Å². The molecule has 0 N–H and O–H groups in total. The summed E-state index contributed by atoms with van der Waals surface area (Å²) in [6, 6.07) is 27.0. The summed E-state index contributed by atoms with van der Waals surface area (Å²) in [7, 11) is 9.87. The number of benzene rings is 3. The van der Waals surface area contributed by atoms with Gasteiger partial charge in [-0.05, 0) is 42.9 Å². The van der Waals surface area contributed by atoms with Gasteiger partial charge in [0, 0.05) is 0 Å². The second kappa shape index (κ2) is 10.9. The quantitative estimate of drug-likeness (QED) is 0.239. The van der Waals surface area contributed by atoms with Crippen LogP contribution in [0, 0.1) is 19.8 Å². The molecule has 0 aliphatic rings. The van der Waals surface area contributed by atoms with Gasteiger partial charge in [0.05, 0.1) is 0 Å². The maximum atomic E-state index is 4.93. The number of halogens is 2. The molecule has 30 heavy (non-hydrogen) atoms. The second-order valence-electron chi connectivity index (χ2n) is 8.27. The fourth-order valence-electron chi connectivity index (χ4n) is 4.22. The molecular formula is C27H27Cl2Zr-. The van der Waals surface area contributed by atoms with Gasteiger partial charge in [-0.2, -0.15) is 6.07 Å². The Morgan fingerprint density at radius 3 is 2.07 bits per heavy atom. The number of rotatable bonds is 4. The SMILES string of the molecule is Cc1cc(C)cc(-c2c(-c3ccccc3)ccc3[cH-]c(CC(C)C)cc23)c1.[Cl][Zr][Cl]. The molecule has 0 nitrogen and oxygen atoms in total. The maximum absolute atomic E-state index is 4.93. The van der Waals surface area contributed by atoms with E-state index in [0.717, 1.165) is 6.42 Å². The molecule has 4 aromatic rings. The monoisotopic (exact) mass is 511 g/mol. The third-order valence-electron chi connectivity index (χ3n) is 5.19. The molecule has 0 aliphatic carbocycles. The zero-order chi connectivity index (χ0) is 21.7. The fraction of sp³-hybridized carbons (Fsp3) is 0.222. The Kier molecular flexibility index (Phi) is 8.46. The molecular weight excluding hydrogens is 486 g/mol. The Balaban J connectivity index is 0.000000806. The van der Waals surface area contributed by atoms with E-state index in [0.29, 0.717) is 5.92 Å². The predicted octanol–water partition coefficient (Wildman–Crippen LogP) is 9.08. The van der Waals surface area contributed by atoms with Crippen LogP contribution in [0.5, 0.6) is 0 Å². The summed E-state index contributed by atoms with van der Waals surface area (Å²) in [5, 5.41) is 2.72. The topological polar surface area (TPSA) is 0 Å². The summed E-state index contributed by atoms with van der Waals surface area (Å²) in [5.74, 6) is 0.667. The van der Waals surface area contributed by atoms with Crippen LogP contribution in [0.1, 0.15) is 30.5 Å². The van der Waals surface area contributed by atoms with Crippen molar-refractivity contribution >= 4 is 27.8 Å². The summed E-state index contributed by atoms with van der Waals surface area (Å²) >= 11 is -0.826. The van der Waals surface area contributed by atoms with Crippen LogP contribution in [0.4, 0.5) is 0 Å². The molecule has 3 heteroatoms. The van der Waals surface area contributed by atoms with E-state index in [1.807, 2.05) is 0 Å². The third kappa shape index (κ3) is 5.70. The van der Waals surface area contributed by atoms with Crippen molar-refractivity contribution in [1.29, 1.82) is 0 Å². The van der Waals surface area contributed by atoms with Crippen LogP contribution in [-0.4, -0.2) is 0 Å². The molecule has 4 aromatic carbocycles. The second-order valence-corrected chi connectivity index (χ2v) is 12.0. The van der Waals surface area contributed by atoms with Crippen molar-refractivity contribution in [2.75, 3.05) is 0 Å². The van der Waals surface area contributed by atoms with E-state index in [4.69, 9.17) is 17.0 Å². The van der Waals surface area contributed by atoms with Gasteiger partial charge in [-0.15, -0.1) is 28.5 Å². The van der Waals surface area contributed by atoms with Crippen molar-refractivity contribution in [1.82, 2.24) is 0 Å². The molecule has 0 aliphatic heterocycles. The first-order valence-electron chi connectivity index (χ1n) is 10.3. The van der Waals surface area contributed by atoms with Crippen LogP contribution in [0.25, 0.3) is 33.0 Å². The Morgan fingerprint density at radius 1 is 0.833 bits per heavy atom. The Labute approximate surface area is 199 Å². The molecule has 0 heterocycles. The average molecular weight is 514 g/mol. The van der Waals surface area contributed by atoms with Crippen LogP contribution in [-0.2, 0) is 27.3 Å². The molecule has 0 saturated heterocycles. The Morgan fingerprint density at radius 2 is 1.47 bits per heavy atom. The van der Waals surface area contributed by atoms with Crippen LogP contribution in [0.15, 0.2) is 72.8 Å². The molecule has 0 fully saturated rings. The first-order valence-corrected chi connectivity index (χ1v) is 16.6. The van der Waals surface area contributed by atoms with E-state index in [1.54, 1.807) is 0 Å². The molecule has 0 saturated carbocycles. The summed E-state index contributed by atoms with van der Waals surface area (Å²) in [5.41, 5.74) is 9.34. The zero-order valence-electron chi connectivity index (χ0n) is 18.0. The Hall–Kier alpha value is -1.27. The zero-order valence-corrected chi connectivity index (χ0v) is 21.9. The van der Waals surface area contributed by atoms with E-state index >= 15 is 0 Å². The molecule has 0 spiro atoms. The van der Waals surface area contributed by atoms with Crippen LogP contribution < -0.4 is 0 Å². The van der Waals surface area contributed by atoms with E-state index in [-0.39, 0.29) is 0 Å². The summed E-state index contributed by atoms with van der Waals surface area (Å²) in [6.07, 6.45) is 1.13. The van der Waals surface area contributed by atoms with Crippen LogP contribution in [0.3, 0.4) is 0 Å². The van der Waals surface area contributed by atoms with E-state index in [9.17, 15) is 0 Å². The summed E-state index contributed by atoms with van der Waals surface area (Å²) in [4.78, 5) is 0. The van der Waals surface area contributed by atoms with Gasteiger partial charge in [0.2, 0.25) is 0 Å². The van der Waals surface area contributed by atoms with Crippen LogP contribution in [0.2, 0.25) is 0 Å². The predicted molar refractivity (Wildman–Crippen MR) is 130 cm³/mol. The van der Waals surface area contributed by atoms with Gasteiger partial charge in [0.25, 0.3) is 0 Å². The number of aryl methyl sites for hydroxylation is 2.